The third-order valence-corrected chi connectivity index (χ3v) is 3.57. The molecule has 0 aromatic carbocycles. The molecule has 0 aliphatic carbocycles. The number of nitrogens with zero attached hydrogens (tertiary/aromatic N) is 1. The summed E-state index contributed by atoms with van der Waals surface area (Å²) in [5.74, 6) is 0.176. The molecule has 0 atom stereocenters. The summed E-state index contributed by atoms with van der Waals surface area (Å²) < 4.78 is 11.1. The zero-order valence-corrected chi connectivity index (χ0v) is 9.43. The van der Waals surface area contributed by atoms with Crippen LogP contribution >= 0.6 is 7.80 Å². The van der Waals surface area contributed by atoms with Crippen molar-refractivity contribution < 1.29 is 9.36 Å². The zero-order chi connectivity index (χ0) is 10.1. The van der Waals surface area contributed by atoms with E-state index in [1.807, 2.05) is 25.7 Å². The molecule has 0 saturated carbocycles. The second-order valence-corrected chi connectivity index (χ2v) is 6.33. The van der Waals surface area contributed by atoms with Crippen LogP contribution in [0.4, 0.5) is 0 Å². The monoisotopic (exact) mass is 202 g/mol. The molecule has 4 heteroatoms. The third kappa shape index (κ3) is 2.77. The summed E-state index contributed by atoms with van der Waals surface area (Å²) in [6.45, 7) is 7.11. The second-order valence-electron chi connectivity index (χ2n) is 4.47. The molecule has 0 bridgehead atoms. The topological polar surface area (TPSA) is 37.4 Å². The van der Waals surface area contributed by atoms with Crippen molar-refractivity contribution in [1.82, 2.24) is 4.90 Å². The Bertz CT molecular complexity index is 222. The van der Waals surface area contributed by atoms with Crippen LogP contribution in [-0.2, 0) is 9.36 Å². The van der Waals surface area contributed by atoms with Crippen LogP contribution in [0.15, 0.2) is 0 Å². The highest BCUT2D eigenvalue weighted by Crippen LogP contribution is 2.27. The molecule has 1 rings (SSSR count). The van der Waals surface area contributed by atoms with E-state index in [9.17, 15) is 9.36 Å². The number of carbonyl (C=O) groups excluding carboxylic acids is 1. The van der Waals surface area contributed by atoms with Crippen LogP contribution in [0.1, 0.15) is 20.8 Å². The largest absolute Gasteiger partial charge is 0.342 e. The lowest BCUT2D eigenvalue weighted by atomic mass is 9.95. The summed E-state index contributed by atoms with van der Waals surface area (Å²) >= 11 is 0. The van der Waals surface area contributed by atoms with Crippen molar-refractivity contribution in [2.24, 2.45) is 5.41 Å². The number of hydrogen-bond acceptors (Lipinski definition) is 2. The maximum Gasteiger partial charge on any atom is 0.342 e. The molecule has 1 aliphatic rings. The maximum absolute atomic E-state index is 11.8. The van der Waals surface area contributed by atoms with Gasteiger partial charge in [-0.15, -0.1) is 0 Å². The summed E-state index contributed by atoms with van der Waals surface area (Å²) in [5, 5.41) is 0. The van der Waals surface area contributed by atoms with Crippen molar-refractivity contribution in [1.29, 1.82) is 0 Å². The molecule has 0 N–H and O–H groups in total. The quantitative estimate of drug-likeness (QED) is 0.561. The summed E-state index contributed by atoms with van der Waals surface area (Å²) in [7, 11) is -1.02. The van der Waals surface area contributed by atoms with Crippen LogP contribution in [0, 0.1) is 5.41 Å². The maximum atomic E-state index is 11.8. The number of carbonyl (C=O) groups is 1. The van der Waals surface area contributed by atoms with Crippen LogP contribution in [0.5, 0.6) is 0 Å². The molecule has 0 radical (unpaired) electrons. The Morgan fingerprint density at radius 3 is 2.08 bits per heavy atom. The van der Waals surface area contributed by atoms with Crippen molar-refractivity contribution in [2.75, 3.05) is 25.4 Å². The molecule has 1 saturated heterocycles. The third-order valence-electron chi connectivity index (χ3n) is 2.17. The second kappa shape index (κ2) is 3.75. The molecule has 0 aromatic heterocycles. The SMILES string of the molecule is CC(C)(C)C(=O)N1CC[P+](=O)CC1. The van der Waals surface area contributed by atoms with Crippen molar-refractivity contribution in [2.45, 2.75) is 20.8 Å². The van der Waals surface area contributed by atoms with Crippen molar-refractivity contribution in [3.05, 3.63) is 0 Å². The van der Waals surface area contributed by atoms with Gasteiger partial charge >= 0.3 is 7.80 Å². The molecular weight excluding hydrogens is 185 g/mol. The van der Waals surface area contributed by atoms with Gasteiger partial charge in [-0.2, -0.15) is 0 Å². The lowest BCUT2D eigenvalue weighted by molar-refractivity contribution is -0.139. The standard InChI is InChI=1S/C9H17NO2P/c1-9(2,3)8(11)10-4-6-13(12)7-5-10/h4-7H2,1-3H3/q+1. The van der Waals surface area contributed by atoms with Crippen LogP contribution in [0.3, 0.4) is 0 Å². The summed E-state index contributed by atoms with van der Waals surface area (Å²) in [6, 6.07) is 0. The van der Waals surface area contributed by atoms with E-state index in [1.54, 1.807) is 0 Å². The minimum atomic E-state index is -1.02. The minimum absolute atomic E-state index is 0.176. The van der Waals surface area contributed by atoms with Crippen LogP contribution in [0.2, 0.25) is 0 Å². The van der Waals surface area contributed by atoms with Crippen LogP contribution < -0.4 is 0 Å². The van der Waals surface area contributed by atoms with E-state index in [1.165, 1.54) is 0 Å². The fraction of sp³-hybridized carbons (Fsp3) is 0.889. The van der Waals surface area contributed by atoms with Gasteiger partial charge in [-0.3, -0.25) is 4.79 Å². The van der Waals surface area contributed by atoms with Crippen molar-refractivity contribution in [3.8, 4) is 0 Å². The molecular formula is C9H17NO2P+. The lowest BCUT2D eigenvalue weighted by Gasteiger charge is -2.29. The first-order valence-corrected chi connectivity index (χ1v) is 6.26. The van der Waals surface area contributed by atoms with Gasteiger partial charge in [-0.25, -0.2) is 0 Å². The van der Waals surface area contributed by atoms with Gasteiger partial charge in [0.15, 0.2) is 12.3 Å². The number of hydrogen-bond donors (Lipinski definition) is 0. The Labute approximate surface area is 80.3 Å². The van der Waals surface area contributed by atoms with Crippen molar-refractivity contribution >= 4 is 13.7 Å². The van der Waals surface area contributed by atoms with Crippen LogP contribution in [-0.4, -0.2) is 36.2 Å². The summed E-state index contributed by atoms with van der Waals surface area (Å²) in [6.07, 6.45) is 1.36. The van der Waals surface area contributed by atoms with Crippen molar-refractivity contribution in [3.63, 3.8) is 0 Å². The first-order chi connectivity index (χ1) is 5.91. The Morgan fingerprint density at radius 2 is 1.69 bits per heavy atom. The van der Waals surface area contributed by atoms with Gasteiger partial charge in [0, 0.05) is 5.41 Å². The number of rotatable bonds is 0. The van der Waals surface area contributed by atoms with Gasteiger partial charge in [0.2, 0.25) is 5.91 Å². The Kier molecular flexibility index (Phi) is 3.07. The van der Waals surface area contributed by atoms with Gasteiger partial charge < -0.3 is 4.90 Å². The molecule has 1 aliphatic heterocycles. The molecule has 0 unspecified atom stereocenters. The molecule has 13 heavy (non-hydrogen) atoms. The molecule has 3 nitrogen and oxygen atoms in total. The first kappa shape index (κ1) is 10.6. The summed E-state index contributed by atoms with van der Waals surface area (Å²) in [4.78, 5) is 13.6. The Morgan fingerprint density at radius 1 is 1.23 bits per heavy atom. The van der Waals surface area contributed by atoms with E-state index >= 15 is 0 Å². The van der Waals surface area contributed by atoms with Gasteiger partial charge in [0.25, 0.3) is 0 Å². The van der Waals surface area contributed by atoms with Gasteiger partial charge in [-0.05, 0) is 0 Å². The molecule has 0 aromatic rings. The Balaban J connectivity index is 2.55. The lowest BCUT2D eigenvalue weighted by Crippen LogP contribution is -2.43. The average molecular weight is 202 g/mol. The van der Waals surface area contributed by atoms with E-state index in [4.69, 9.17) is 0 Å². The number of amides is 1. The summed E-state index contributed by atoms with van der Waals surface area (Å²) in [5.41, 5.74) is -0.303. The first-order valence-electron chi connectivity index (χ1n) is 4.63. The van der Waals surface area contributed by atoms with Gasteiger partial charge in [-0.1, -0.05) is 25.3 Å². The zero-order valence-electron chi connectivity index (χ0n) is 8.54. The molecule has 1 fully saturated rings. The molecule has 0 spiro atoms. The highest BCUT2D eigenvalue weighted by atomic mass is 31.1. The van der Waals surface area contributed by atoms with E-state index < -0.39 is 7.80 Å². The predicted octanol–water partition coefficient (Wildman–Crippen LogP) is 1.70. The van der Waals surface area contributed by atoms with E-state index in [2.05, 4.69) is 0 Å². The molecule has 1 amide bonds. The average Bonchev–Trinajstić information content (AvgIpc) is 2.03. The van der Waals surface area contributed by atoms with Gasteiger partial charge in [0.05, 0.1) is 13.1 Å². The highest BCUT2D eigenvalue weighted by Gasteiger charge is 2.33. The van der Waals surface area contributed by atoms with E-state index in [0.717, 1.165) is 0 Å². The fourth-order valence-electron chi connectivity index (χ4n) is 1.37. The highest BCUT2D eigenvalue weighted by molar-refractivity contribution is 7.44. The van der Waals surface area contributed by atoms with E-state index in [0.29, 0.717) is 25.4 Å². The minimum Gasteiger partial charge on any atom is -0.334 e. The predicted molar refractivity (Wildman–Crippen MR) is 53.4 cm³/mol. The van der Waals surface area contributed by atoms with Crippen LogP contribution in [0.25, 0.3) is 0 Å². The van der Waals surface area contributed by atoms with Gasteiger partial charge in [0.1, 0.15) is 0 Å². The molecule has 74 valence electrons. The fourth-order valence-corrected chi connectivity index (χ4v) is 2.52. The van der Waals surface area contributed by atoms with E-state index in [-0.39, 0.29) is 11.3 Å². The normalized spacial score (nSPS) is 19.0. The Hall–Kier alpha value is -0.430. The molecule has 1 heterocycles. The smallest absolute Gasteiger partial charge is 0.334 e.